The topological polar surface area (TPSA) is 47.6 Å². The van der Waals surface area contributed by atoms with Gasteiger partial charge in [0.2, 0.25) is 5.91 Å². The van der Waals surface area contributed by atoms with E-state index in [4.69, 9.17) is 32.7 Å². The maximum absolute atomic E-state index is 12.0. The average Bonchev–Trinajstić information content (AvgIpc) is 2.52. The van der Waals surface area contributed by atoms with Crippen molar-refractivity contribution < 1.29 is 14.3 Å². The van der Waals surface area contributed by atoms with E-state index in [-0.39, 0.29) is 5.91 Å². The normalized spacial score (nSPS) is 10.6. The first-order valence-corrected chi connectivity index (χ1v) is 7.44. The Labute approximate surface area is 144 Å². The quantitative estimate of drug-likeness (QED) is 0.796. The Morgan fingerprint density at radius 3 is 2.26 bits per heavy atom. The van der Waals surface area contributed by atoms with Crippen LogP contribution in [0.2, 0.25) is 10.0 Å². The predicted molar refractivity (Wildman–Crippen MR) is 93.7 cm³/mol. The molecule has 2 aromatic rings. The monoisotopic (exact) mass is 351 g/mol. The van der Waals surface area contributed by atoms with Gasteiger partial charge in [-0.15, -0.1) is 0 Å². The molecule has 0 aliphatic rings. The minimum Gasteiger partial charge on any atom is -0.493 e. The number of hydrogen-bond acceptors (Lipinski definition) is 3. The molecular formula is C17H15Cl2NO3. The maximum Gasteiger partial charge on any atom is 0.248 e. The van der Waals surface area contributed by atoms with Crippen LogP contribution < -0.4 is 14.8 Å². The molecule has 0 saturated carbocycles. The van der Waals surface area contributed by atoms with Crippen molar-refractivity contribution >= 4 is 40.9 Å². The van der Waals surface area contributed by atoms with Crippen LogP contribution in [0.3, 0.4) is 0 Å². The summed E-state index contributed by atoms with van der Waals surface area (Å²) in [5.74, 6) is 0.846. The Morgan fingerprint density at radius 1 is 1.00 bits per heavy atom. The number of hydrogen-bond donors (Lipinski definition) is 1. The molecule has 0 fully saturated rings. The van der Waals surface area contributed by atoms with Crippen LogP contribution in [0.15, 0.2) is 42.5 Å². The molecule has 0 aromatic heterocycles. The summed E-state index contributed by atoms with van der Waals surface area (Å²) in [5, 5.41) is 3.76. The van der Waals surface area contributed by atoms with E-state index in [1.807, 2.05) is 0 Å². The van der Waals surface area contributed by atoms with Crippen molar-refractivity contribution in [3.63, 3.8) is 0 Å². The third-order valence-corrected chi connectivity index (χ3v) is 3.40. The minimum atomic E-state index is -0.284. The van der Waals surface area contributed by atoms with Crippen LogP contribution in [-0.4, -0.2) is 20.1 Å². The molecule has 1 amide bonds. The highest BCUT2D eigenvalue weighted by molar-refractivity contribution is 6.34. The fourth-order valence-corrected chi connectivity index (χ4v) is 2.48. The van der Waals surface area contributed by atoms with Crippen molar-refractivity contribution in [2.75, 3.05) is 19.5 Å². The second kappa shape index (κ2) is 7.90. The van der Waals surface area contributed by atoms with Gasteiger partial charge in [-0.25, -0.2) is 0 Å². The molecule has 1 N–H and O–H groups in total. The lowest BCUT2D eigenvalue weighted by Gasteiger charge is -2.09. The van der Waals surface area contributed by atoms with Gasteiger partial charge in [0, 0.05) is 27.9 Å². The molecule has 4 nitrogen and oxygen atoms in total. The molecule has 2 aromatic carbocycles. The number of benzene rings is 2. The zero-order chi connectivity index (χ0) is 16.8. The number of anilines is 1. The van der Waals surface area contributed by atoms with Gasteiger partial charge >= 0.3 is 0 Å². The Balaban J connectivity index is 2.08. The predicted octanol–water partition coefficient (Wildman–Crippen LogP) is 4.66. The van der Waals surface area contributed by atoms with Crippen molar-refractivity contribution in [2.45, 2.75) is 0 Å². The van der Waals surface area contributed by atoms with Crippen LogP contribution in [0.4, 0.5) is 5.69 Å². The van der Waals surface area contributed by atoms with Crippen molar-refractivity contribution in [2.24, 2.45) is 0 Å². The first kappa shape index (κ1) is 17.2. The second-order valence-corrected chi connectivity index (χ2v) is 5.47. The molecule has 0 saturated heterocycles. The summed E-state index contributed by atoms with van der Waals surface area (Å²) >= 11 is 11.8. The number of carbonyl (C=O) groups excluding carboxylic acids is 1. The highest BCUT2D eigenvalue weighted by Gasteiger charge is 2.06. The lowest BCUT2D eigenvalue weighted by molar-refractivity contribution is -0.111. The molecule has 23 heavy (non-hydrogen) atoms. The third kappa shape index (κ3) is 4.91. The standard InChI is InChI=1S/C17H15Cl2NO3/c1-22-15-5-4-14(10-16(15)23-2)20-17(21)6-3-11-7-12(18)9-13(19)8-11/h3-10H,1-2H3,(H,20,21)/b6-3+. The van der Waals surface area contributed by atoms with Gasteiger partial charge in [-0.2, -0.15) is 0 Å². The summed E-state index contributed by atoms with van der Waals surface area (Å²) in [4.78, 5) is 12.0. The number of rotatable bonds is 5. The van der Waals surface area contributed by atoms with Gasteiger partial charge in [-0.05, 0) is 42.0 Å². The van der Waals surface area contributed by atoms with E-state index in [9.17, 15) is 4.79 Å². The number of halogens is 2. The van der Waals surface area contributed by atoms with Crippen molar-refractivity contribution in [1.82, 2.24) is 0 Å². The highest BCUT2D eigenvalue weighted by Crippen LogP contribution is 2.29. The molecule has 0 aliphatic carbocycles. The van der Waals surface area contributed by atoms with Gasteiger partial charge in [-0.3, -0.25) is 4.79 Å². The highest BCUT2D eigenvalue weighted by atomic mass is 35.5. The largest absolute Gasteiger partial charge is 0.493 e. The summed E-state index contributed by atoms with van der Waals surface area (Å²) in [7, 11) is 3.08. The second-order valence-electron chi connectivity index (χ2n) is 4.60. The van der Waals surface area contributed by atoms with Gasteiger partial charge in [0.25, 0.3) is 0 Å². The van der Waals surface area contributed by atoms with Gasteiger partial charge in [0.1, 0.15) is 0 Å². The molecule has 0 heterocycles. The maximum atomic E-state index is 12.0. The lowest BCUT2D eigenvalue weighted by atomic mass is 10.2. The van der Waals surface area contributed by atoms with Crippen LogP contribution in [0, 0.1) is 0 Å². The Kier molecular flexibility index (Phi) is 5.90. The van der Waals surface area contributed by atoms with E-state index in [1.165, 1.54) is 13.2 Å². The summed E-state index contributed by atoms with van der Waals surface area (Å²) in [6, 6.07) is 10.2. The number of carbonyl (C=O) groups is 1. The van der Waals surface area contributed by atoms with E-state index in [2.05, 4.69) is 5.32 Å². The van der Waals surface area contributed by atoms with Crippen molar-refractivity contribution in [1.29, 1.82) is 0 Å². The summed E-state index contributed by atoms with van der Waals surface area (Å²) in [6.07, 6.45) is 3.03. The molecule has 120 valence electrons. The Bertz CT molecular complexity index is 724. The summed E-state index contributed by atoms with van der Waals surface area (Å²) < 4.78 is 10.3. The van der Waals surface area contributed by atoms with Gasteiger partial charge < -0.3 is 14.8 Å². The smallest absolute Gasteiger partial charge is 0.248 e. The molecule has 0 radical (unpaired) electrons. The molecule has 0 unspecified atom stereocenters. The van der Waals surface area contributed by atoms with Gasteiger partial charge in [0.15, 0.2) is 11.5 Å². The number of ether oxygens (including phenoxy) is 2. The molecule has 0 spiro atoms. The van der Waals surface area contributed by atoms with E-state index < -0.39 is 0 Å². The van der Waals surface area contributed by atoms with Crippen LogP contribution in [0.5, 0.6) is 11.5 Å². The van der Waals surface area contributed by atoms with Crippen LogP contribution in [0.1, 0.15) is 5.56 Å². The SMILES string of the molecule is COc1ccc(NC(=O)/C=C/c2cc(Cl)cc(Cl)c2)cc1OC. The molecule has 0 bridgehead atoms. The molecule has 0 aliphatic heterocycles. The fourth-order valence-electron chi connectivity index (χ4n) is 1.94. The zero-order valence-electron chi connectivity index (χ0n) is 12.6. The number of methoxy groups -OCH3 is 2. The van der Waals surface area contributed by atoms with Gasteiger partial charge in [-0.1, -0.05) is 23.2 Å². The first-order valence-electron chi connectivity index (χ1n) is 6.69. The number of nitrogens with one attached hydrogen (secondary N) is 1. The van der Waals surface area contributed by atoms with E-state index in [0.717, 1.165) is 5.56 Å². The lowest BCUT2D eigenvalue weighted by Crippen LogP contribution is -2.07. The van der Waals surface area contributed by atoms with E-state index >= 15 is 0 Å². The van der Waals surface area contributed by atoms with Crippen LogP contribution >= 0.6 is 23.2 Å². The van der Waals surface area contributed by atoms with E-state index in [1.54, 1.807) is 49.6 Å². The molecule has 2 rings (SSSR count). The van der Waals surface area contributed by atoms with Crippen LogP contribution in [-0.2, 0) is 4.79 Å². The molecule has 0 atom stereocenters. The van der Waals surface area contributed by atoms with Gasteiger partial charge in [0.05, 0.1) is 14.2 Å². The average molecular weight is 352 g/mol. The van der Waals surface area contributed by atoms with Crippen molar-refractivity contribution in [3.05, 3.63) is 58.1 Å². The Morgan fingerprint density at radius 2 is 1.65 bits per heavy atom. The first-order chi connectivity index (χ1) is 11.0. The van der Waals surface area contributed by atoms with Crippen LogP contribution in [0.25, 0.3) is 6.08 Å². The minimum absolute atomic E-state index is 0.284. The third-order valence-electron chi connectivity index (χ3n) is 2.96. The summed E-state index contributed by atoms with van der Waals surface area (Å²) in [5.41, 5.74) is 1.34. The Hall–Kier alpha value is -2.17. The molecule has 6 heteroatoms. The van der Waals surface area contributed by atoms with E-state index in [0.29, 0.717) is 27.2 Å². The fraction of sp³-hybridized carbons (Fsp3) is 0.118. The zero-order valence-corrected chi connectivity index (χ0v) is 14.1. The molecular weight excluding hydrogens is 337 g/mol. The number of amides is 1. The van der Waals surface area contributed by atoms with Crippen molar-refractivity contribution in [3.8, 4) is 11.5 Å². The summed E-state index contributed by atoms with van der Waals surface area (Å²) in [6.45, 7) is 0.